The first-order valence-electron chi connectivity index (χ1n) is 8.88. The van der Waals surface area contributed by atoms with E-state index in [9.17, 15) is 0 Å². The first-order valence-corrected chi connectivity index (χ1v) is 8.88. The number of ether oxygens (including phenoxy) is 2. The molecule has 1 saturated heterocycles. The fourth-order valence-corrected chi connectivity index (χ4v) is 2.95. The van der Waals surface area contributed by atoms with Gasteiger partial charge in [-0.3, -0.25) is 9.80 Å². The average Bonchev–Trinajstić information content (AvgIpc) is 2.62. The molecule has 1 heterocycles. The lowest BCUT2D eigenvalue weighted by Crippen LogP contribution is -2.46. The molecule has 132 valence electrons. The normalized spacial score (nSPS) is 15.9. The summed E-state index contributed by atoms with van der Waals surface area (Å²) in [6, 6.07) is 8.35. The van der Waals surface area contributed by atoms with Crippen molar-refractivity contribution in [1.29, 1.82) is 5.26 Å². The van der Waals surface area contributed by atoms with Gasteiger partial charge in [-0.15, -0.1) is 0 Å². The molecule has 0 radical (unpaired) electrons. The van der Waals surface area contributed by atoms with Gasteiger partial charge in [0.25, 0.3) is 0 Å². The van der Waals surface area contributed by atoms with Crippen molar-refractivity contribution in [2.45, 2.75) is 32.7 Å². The molecule has 0 unspecified atom stereocenters. The van der Waals surface area contributed by atoms with Gasteiger partial charge in [-0.25, -0.2) is 0 Å². The minimum Gasteiger partial charge on any atom is -0.493 e. The van der Waals surface area contributed by atoms with Gasteiger partial charge >= 0.3 is 0 Å². The van der Waals surface area contributed by atoms with E-state index in [1.54, 1.807) is 7.11 Å². The largest absolute Gasteiger partial charge is 0.493 e. The zero-order chi connectivity index (χ0) is 17.2. The molecule has 0 N–H and O–H groups in total. The van der Waals surface area contributed by atoms with Crippen LogP contribution in [0.15, 0.2) is 18.2 Å². The highest BCUT2D eigenvalue weighted by Crippen LogP contribution is 2.32. The second-order valence-electron chi connectivity index (χ2n) is 6.18. The third-order valence-corrected chi connectivity index (χ3v) is 4.42. The Morgan fingerprint density at radius 3 is 2.58 bits per heavy atom. The summed E-state index contributed by atoms with van der Waals surface area (Å²) >= 11 is 0. The SMILES string of the molecule is CCCCOc1c(CN2CCN(CCC#N)CC2)cccc1OC. The van der Waals surface area contributed by atoms with E-state index in [1.165, 1.54) is 5.56 Å². The Bertz CT molecular complexity index is 534. The quantitative estimate of drug-likeness (QED) is 0.651. The maximum atomic E-state index is 8.70. The molecule has 24 heavy (non-hydrogen) atoms. The van der Waals surface area contributed by atoms with Crippen LogP contribution < -0.4 is 9.47 Å². The molecule has 2 rings (SSSR count). The van der Waals surface area contributed by atoms with Crippen molar-refractivity contribution in [2.24, 2.45) is 0 Å². The number of unbranched alkanes of at least 4 members (excludes halogenated alkanes) is 1. The summed E-state index contributed by atoms with van der Waals surface area (Å²) < 4.78 is 11.5. The summed E-state index contributed by atoms with van der Waals surface area (Å²) in [6.07, 6.45) is 2.79. The Morgan fingerprint density at radius 1 is 1.17 bits per heavy atom. The zero-order valence-electron chi connectivity index (χ0n) is 15.0. The summed E-state index contributed by atoms with van der Waals surface area (Å²) in [5.74, 6) is 1.71. The fraction of sp³-hybridized carbons (Fsp3) is 0.632. The van der Waals surface area contributed by atoms with E-state index >= 15 is 0 Å². The molecule has 1 fully saturated rings. The van der Waals surface area contributed by atoms with Crippen LogP contribution in [0.3, 0.4) is 0 Å². The molecule has 0 amide bonds. The smallest absolute Gasteiger partial charge is 0.165 e. The van der Waals surface area contributed by atoms with Crippen molar-refractivity contribution in [1.82, 2.24) is 9.80 Å². The van der Waals surface area contributed by atoms with Gasteiger partial charge in [-0.1, -0.05) is 25.5 Å². The number of methoxy groups -OCH3 is 1. The Labute approximate surface area is 145 Å². The van der Waals surface area contributed by atoms with Crippen LogP contribution in [0.5, 0.6) is 11.5 Å². The number of piperazine rings is 1. The van der Waals surface area contributed by atoms with Gasteiger partial charge in [-0.05, 0) is 12.5 Å². The predicted molar refractivity (Wildman–Crippen MR) is 95.3 cm³/mol. The summed E-state index contributed by atoms with van der Waals surface area (Å²) in [4.78, 5) is 4.81. The Hall–Kier alpha value is -1.77. The number of nitriles is 1. The molecule has 0 atom stereocenters. The van der Waals surface area contributed by atoms with Gasteiger partial charge in [0.15, 0.2) is 11.5 Å². The summed E-state index contributed by atoms with van der Waals surface area (Å²) in [5.41, 5.74) is 1.19. The van der Waals surface area contributed by atoms with Crippen molar-refractivity contribution in [3.05, 3.63) is 23.8 Å². The summed E-state index contributed by atoms with van der Waals surface area (Å²) in [7, 11) is 1.69. The second-order valence-corrected chi connectivity index (χ2v) is 6.18. The Kier molecular flexibility index (Phi) is 7.87. The zero-order valence-corrected chi connectivity index (χ0v) is 15.0. The molecule has 1 aromatic rings. The molecule has 1 aliphatic heterocycles. The molecule has 5 nitrogen and oxygen atoms in total. The summed E-state index contributed by atoms with van der Waals surface area (Å²) in [6.45, 7) is 8.76. The first kappa shape index (κ1) is 18.6. The minimum atomic E-state index is 0.616. The van der Waals surface area contributed by atoms with Gasteiger partial charge in [0.1, 0.15) is 0 Å². The molecule has 1 aliphatic rings. The first-order chi connectivity index (χ1) is 11.8. The van der Waals surface area contributed by atoms with E-state index in [-0.39, 0.29) is 0 Å². The van der Waals surface area contributed by atoms with Crippen LogP contribution >= 0.6 is 0 Å². The van der Waals surface area contributed by atoms with Gasteiger partial charge in [0, 0.05) is 51.3 Å². The van der Waals surface area contributed by atoms with Gasteiger partial charge in [0.2, 0.25) is 0 Å². The van der Waals surface area contributed by atoms with Crippen molar-refractivity contribution >= 4 is 0 Å². The maximum absolute atomic E-state index is 8.70. The number of nitrogens with zero attached hydrogens (tertiary/aromatic N) is 3. The monoisotopic (exact) mass is 331 g/mol. The van der Waals surface area contributed by atoms with E-state index in [0.29, 0.717) is 6.42 Å². The lowest BCUT2D eigenvalue weighted by molar-refractivity contribution is 0.127. The van der Waals surface area contributed by atoms with E-state index in [0.717, 1.165) is 70.2 Å². The number of rotatable bonds is 9. The van der Waals surface area contributed by atoms with Crippen LogP contribution in [-0.2, 0) is 6.54 Å². The highest BCUT2D eigenvalue weighted by atomic mass is 16.5. The van der Waals surface area contributed by atoms with Crippen LogP contribution in [-0.4, -0.2) is 56.2 Å². The molecule has 0 spiro atoms. The predicted octanol–water partition coefficient (Wildman–Crippen LogP) is 2.91. The Balaban J connectivity index is 1.95. The van der Waals surface area contributed by atoms with Crippen LogP contribution in [0.2, 0.25) is 0 Å². The molecule has 0 bridgehead atoms. The van der Waals surface area contributed by atoms with Crippen LogP contribution in [0.25, 0.3) is 0 Å². The lowest BCUT2D eigenvalue weighted by Gasteiger charge is -2.34. The van der Waals surface area contributed by atoms with Gasteiger partial charge in [0.05, 0.1) is 19.8 Å². The fourth-order valence-electron chi connectivity index (χ4n) is 2.95. The topological polar surface area (TPSA) is 48.7 Å². The van der Waals surface area contributed by atoms with Crippen LogP contribution in [0.1, 0.15) is 31.7 Å². The molecular formula is C19H29N3O2. The molecular weight excluding hydrogens is 302 g/mol. The molecule has 0 saturated carbocycles. The third-order valence-electron chi connectivity index (χ3n) is 4.42. The van der Waals surface area contributed by atoms with E-state index in [1.807, 2.05) is 12.1 Å². The van der Waals surface area contributed by atoms with E-state index in [4.69, 9.17) is 14.7 Å². The molecule has 0 aliphatic carbocycles. The third kappa shape index (κ3) is 5.40. The lowest BCUT2D eigenvalue weighted by atomic mass is 10.1. The molecule has 5 heteroatoms. The highest BCUT2D eigenvalue weighted by molar-refractivity contribution is 5.46. The average molecular weight is 331 g/mol. The van der Waals surface area contributed by atoms with Crippen molar-refractivity contribution in [2.75, 3.05) is 46.4 Å². The number of hydrogen-bond acceptors (Lipinski definition) is 5. The van der Waals surface area contributed by atoms with Crippen LogP contribution in [0.4, 0.5) is 0 Å². The van der Waals surface area contributed by atoms with E-state index in [2.05, 4.69) is 28.9 Å². The van der Waals surface area contributed by atoms with Gasteiger partial charge in [-0.2, -0.15) is 5.26 Å². The number of para-hydroxylation sites is 1. The minimum absolute atomic E-state index is 0.616. The standard InChI is InChI=1S/C19H29N3O2/c1-3-4-15-24-19-17(7-5-8-18(19)23-2)16-22-13-11-21(12-14-22)10-6-9-20/h5,7-8H,3-4,6,10-16H2,1-2H3. The van der Waals surface area contributed by atoms with Crippen LogP contribution in [0, 0.1) is 11.3 Å². The molecule has 0 aromatic heterocycles. The van der Waals surface area contributed by atoms with Gasteiger partial charge < -0.3 is 9.47 Å². The van der Waals surface area contributed by atoms with Crippen molar-refractivity contribution in [3.8, 4) is 17.6 Å². The molecule has 1 aromatic carbocycles. The maximum Gasteiger partial charge on any atom is 0.165 e. The van der Waals surface area contributed by atoms with Crippen molar-refractivity contribution in [3.63, 3.8) is 0 Å². The highest BCUT2D eigenvalue weighted by Gasteiger charge is 2.19. The second kappa shape index (κ2) is 10.2. The van der Waals surface area contributed by atoms with E-state index < -0.39 is 0 Å². The number of hydrogen-bond donors (Lipinski definition) is 0. The number of benzene rings is 1. The van der Waals surface area contributed by atoms with Crippen molar-refractivity contribution < 1.29 is 9.47 Å². The Morgan fingerprint density at radius 2 is 1.92 bits per heavy atom. The summed E-state index contributed by atoms with van der Waals surface area (Å²) in [5, 5.41) is 8.70.